The molecule has 182 valence electrons. The van der Waals surface area contributed by atoms with E-state index in [0.717, 1.165) is 11.1 Å². The maximum Gasteiger partial charge on any atom is 0.330 e. The third-order valence-corrected chi connectivity index (χ3v) is 7.09. The van der Waals surface area contributed by atoms with Gasteiger partial charge in [-0.3, -0.25) is 14.3 Å². The Balaban J connectivity index is 1.34. The zero-order valence-corrected chi connectivity index (χ0v) is 19.1. The van der Waals surface area contributed by atoms with Crippen LogP contribution in [-0.2, 0) is 32.2 Å². The third kappa shape index (κ3) is 3.67. The quantitative estimate of drug-likeness (QED) is 0.494. The molecule has 2 aliphatic heterocycles. The van der Waals surface area contributed by atoms with Crippen LogP contribution in [0.1, 0.15) is 22.9 Å². The average Bonchev–Trinajstić information content (AvgIpc) is 3.55. The Kier molecular flexibility index (Phi) is 5.46. The number of H-pyrrole nitrogens is 1. The number of aliphatic hydroxyl groups is 1. The first kappa shape index (κ1) is 22.4. The fraction of sp³-hybridized carbons (Fsp3) is 0.385. The number of aromatic amines is 1. The number of ether oxygens (including phenoxy) is 4. The molecule has 3 heterocycles. The lowest BCUT2D eigenvalue weighted by molar-refractivity contribution is -0.177. The number of benzene rings is 2. The Labute approximate surface area is 200 Å². The predicted octanol–water partition coefficient (Wildman–Crippen LogP) is 1.43. The van der Waals surface area contributed by atoms with Crippen molar-refractivity contribution in [2.24, 2.45) is 0 Å². The number of fused-ring (bicyclic) bond motifs is 3. The monoisotopic (exact) mass is 478 g/mol. The first-order chi connectivity index (χ1) is 17.0. The van der Waals surface area contributed by atoms with Gasteiger partial charge in [-0.25, -0.2) is 4.79 Å². The molecule has 0 amide bonds. The molecule has 9 heteroatoms. The number of hydrogen-bond acceptors (Lipinski definition) is 7. The van der Waals surface area contributed by atoms with E-state index in [4.69, 9.17) is 18.9 Å². The van der Waals surface area contributed by atoms with Gasteiger partial charge >= 0.3 is 5.69 Å². The minimum Gasteiger partial charge on any atom is -0.385 e. The van der Waals surface area contributed by atoms with Gasteiger partial charge < -0.3 is 24.1 Å². The third-order valence-electron chi connectivity index (χ3n) is 7.09. The second-order valence-electron chi connectivity index (χ2n) is 9.28. The summed E-state index contributed by atoms with van der Waals surface area (Å²) in [5, 5.41) is 11.6. The van der Waals surface area contributed by atoms with Crippen LogP contribution in [0, 0.1) is 6.92 Å². The van der Waals surface area contributed by atoms with Crippen molar-refractivity contribution < 1.29 is 24.1 Å². The lowest BCUT2D eigenvalue weighted by Crippen LogP contribution is -2.54. The largest absolute Gasteiger partial charge is 0.385 e. The van der Waals surface area contributed by atoms with Crippen molar-refractivity contribution in [1.82, 2.24) is 9.55 Å². The molecule has 3 fully saturated rings. The minimum atomic E-state index is -1.24. The standard InChI is InChI=1S/C26H26N2O7/c1-15-12-28(25(31)27-23(15)30)24-20(29)26(33-14-17-10-6-3-7-11-17)21(35-24)18(19-22(26)34-19)32-13-16-8-4-2-5-9-16/h2-12,18-22,24,29H,13-14H2,1H3,(H,27,30,31)/t18-,19-,20-,21-,22-,24-,26+/m1/s1. The first-order valence-corrected chi connectivity index (χ1v) is 11.6. The lowest BCUT2D eigenvalue weighted by atomic mass is 9.92. The van der Waals surface area contributed by atoms with Gasteiger partial charge in [0.05, 0.1) is 13.2 Å². The van der Waals surface area contributed by atoms with Crippen LogP contribution < -0.4 is 11.2 Å². The molecular weight excluding hydrogens is 452 g/mol. The topological polar surface area (TPSA) is 115 Å². The molecule has 6 rings (SSSR count). The fourth-order valence-electron chi connectivity index (χ4n) is 5.27. The van der Waals surface area contributed by atoms with Crippen molar-refractivity contribution in [2.75, 3.05) is 0 Å². The zero-order valence-electron chi connectivity index (χ0n) is 19.1. The molecule has 35 heavy (non-hydrogen) atoms. The summed E-state index contributed by atoms with van der Waals surface area (Å²) >= 11 is 0. The summed E-state index contributed by atoms with van der Waals surface area (Å²) in [6.45, 7) is 2.15. The highest BCUT2D eigenvalue weighted by molar-refractivity contribution is 5.27. The summed E-state index contributed by atoms with van der Waals surface area (Å²) in [5.74, 6) is 0. The van der Waals surface area contributed by atoms with Gasteiger partial charge in [0.25, 0.3) is 5.56 Å². The fourth-order valence-corrected chi connectivity index (χ4v) is 5.27. The summed E-state index contributed by atoms with van der Waals surface area (Å²) in [6, 6.07) is 19.4. The Hall–Kier alpha value is -3.08. The summed E-state index contributed by atoms with van der Waals surface area (Å²) in [7, 11) is 0. The molecule has 0 bridgehead atoms. The number of nitrogens with one attached hydrogen (secondary N) is 1. The highest BCUT2D eigenvalue weighted by Gasteiger charge is 2.79. The number of aliphatic hydroxyl groups excluding tert-OH is 1. The Bertz CT molecular complexity index is 1320. The van der Waals surface area contributed by atoms with Gasteiger partial charge in [-0.05, 0) is 18.1 Å². The number of aromatic nitrogens is 2. The average molecular weight is 479 g/mol. The lowest BCUT2D eigenvalue weighted by Gasteiger charge is -2.34. The molecule has 9 nitrogen and oxygen atoms in total. The molecule has 0 spiro atoms. The van der Waals surface area contributed by atoms with Crippen LogP contribution in [0.15, 0.2) is 76.4 Å². The van der Waals surface area contributed by atoms with Gasteiger partial charge in [-0.2, -0.15) is 0 Å². The number of aryl methyl sites for hydroxylation is 1. The van der Waals surface area contributed by atoms with Crippen LogP contribution in [0.5, 0.6) is 0 Å². The van der Waals surface area contributed by atoms with Gasteiger partial charge in [-0.1, -0.05) is 60.7 Å². The van der Waals surface area contributed by atoms with E-state index in [2.05, 4.69) is 4.98 Å². The molecule has 2 aromatic carbocycles. The van der Waals surface area contributed by atoms with E-state index in [1.54, 1.807) is 6.92 Å². The molecule has 1 saturated carbocycles. The molecular formula is C26H26N2O7. The number of epoxide rings is 1. The molecule has 2 saturated heterocycles. The highest BCUT2D eigenvalue weighted by Crippen LogP contribution is 2.58. The summed E-state index contributed by atoms with van der Waals surface area (Å²) in [5.41, 5.74) is -0.138. The van der Waals surface area contributed by atoms with E-state index in [1.165, 1.54) is 10.8 Å². The Morgan fingerprint density at radius 1 is 0.971 bits per heavy atom. The number of nitrogens with zero attached hydrogens (tertiary/aromatic N) is 1. The molecule has 7 atom stereocenters. The molecule has 1 aromatic heterocycles. The van der Waals surface area contributed by atoms with Gasteiger partial charge in [0.1, 0.15) is 30.5 Å². The summed E-state index contributed by atoms with van der Waals surface area (Å²) < 4.78 is 26.2. The van der Waals surface area contributed by atoms with Crippen LogP contribution in [0.2, 0.25) is 0 Å². The van der Waals surface area contributed by atoms with Crippen LogP contribution in [0.4, 0.5) is 0 Å². The van der Waals surface area contributed by atoms with Crippen LogP contribution in [0.25, 0.3) is 0 Å². The predicted molar refractivity (Wildman–Crippen MR) is 124 cm³/mol. The summed E-state index contributed by atoms with van der Waals surface area (Å²) in [4.78, 5) is 26.8. The van der Waals surface area contributed by atoms with Crippen molar-refractivity contribution >= 4 is 0 Å². The van der Waals surface area contributed by atoms with Gasteiger partial charge in [0.15, 0.2) is 11.8 Å². The minimum absolute atomic E-state index is 0.224. The van der Waals surface area contributed by atoms with Gasteiger partial charge in [-0.15, -0.1) is 0 Å². The maximum atomic E-state index is 12.6. The smallest absolute Gasteiger partial charge is 0.330 e. The molecule has 1 aliphatic carbocycles. The van der Waals surface area contributed by atoms with E-state index in [9.17, 15) is 14.7 Å². The van der Waals surface area contributed by atoms with E-state index in [0.29, 0.717) is 12.2 Å². The zero-order chi connectivity index (χ0) is 24.2. The van der Waals surface area contributed by atoms with E-state index in [-0.39, 0.29) is 12.7 Å². The molecule has 3 aliphatic rings. The molecule has 2 N–H and O–H groups in total. The van der Waals surface area contributed by atoms with Gasteiger partial charge in [0, 0.05) is 11.8 Å². The molecule has 0 radical (unpaired) electrons. The van der Waals surface area contributed by atoms with Crippen LogP contribution in [0.3, 0.4) is 0 Å². The number of rotatable bonds is 7. The maximum absolute atomic E-state index is 12.6. The number of hydrogen-bond donors (Lipinski definition) is 2. The van der Waals surface area contributed by atoms with E-state index < -0.39 is 47.5 Å². The molecule has 0 unspecified atom stereocenters. The highest BCUT2D eigenvalue weighted by atomic mass is 16.7. The normalized spacial score (nSPS) is 32.9. The second-order valence-corrected chi connectivity index (χ2v) is 9.28. The van der Waals surface area contributed by atoms with Crippen molar-refractivity contribution in [2.45, 2.75) is 62.5 Å². The Morgan fingerprint density at radius 2 is 1.63 bits per heavy atom. The van der Waals surface area contributed by atoms with Crippen molar-refractivity contribution in [1.29, 1.82) is 0 Å². The Morgan fingerprint density at radius 3 is 2.31 bits per heavy atom. The van der Waals surface area contributed by atoms with Crippen molar-refractivity contribution in [3.8, 4) is 0 Å². The molecule has 3 aromatic rings. The van der Waals surface area contributed by atoms with E-state index in [1.807, 2.05) is 60.7 Å². The van der Waals surface area contributed by atoms with E-state index >= 15 is 0 Å². The van der Waals surface area contributed by atoms with Crippen LogP contribution in [-0.4, -0.2) is 50.8 Å². The SMILES string of the molecule is Cc1cn([C@@H]2O[C@@H]3[C@H](OCc4ccccc4)[C@H]4O[C@H]4[C@]3(OCc3ccccc3)[C@@H]2O)c(=O)[nH]c1=O. The first-order valence-electron chi connectivity index (χ1n) is 11.6. The van der Waals surface area contributed by atoms with Crippen molar-refractivity contribution in [3.63, 3.8) is 0 Å². The summed E-state index contributed by atoms with van der Waals surface area (Å²) in [6.07, 6.45) is -2.84. The second kappa shape index (κ2) is 8.54. The van der Waals surface area contributed by atoms with Gasteiger partial charge in [0.2, 0.25) is 0 Å². The van der Waals surface area contributed by atoms with Crippen LogP contribution >= 0.6 is 0 Å². The van der Waals surface area contributed by atoms with Crippen molar-refractivity contribution in [3.05, 3.63) is 104 Å².